The van der Waals surface area contributed by atoms with Crippen molar-refractivity contribution in [2.75, 3.05) is 6.54 Å². The number of aromatic nitrogens is 1. The van der Waals surface area contributed by atoms with Crippen molar-refractivity contribution < 1.29 is 9.90 Å². The van der Waals surface area contributed by atoms with E-state index in [2.05, 4.69) is 5.32 Å². The van der Waals surface area contributed by atoms with Gasteiger partial charge in [0.1, 0.15) is 6.10 Å². The Balaban J connectivity index is 2.51. The zero-order valence-electron chi connectivity index (χ0n) is 10.3. The number of aliphatic hydroxyl groups excluding tert-OH is 1. The molecule has 1 heterocycles. The Morgan fingerprint density at radius 2 is 2.19 bits per heavy atom. The second-order valence-electron chi connectivity index (χ2n) is 5.02. The van der Waals surface area contributed by atoms with Gasteiger partial charge in [0.25, 0.3) is 0 Å². The van der Waals surface area contributed by atoms with Gasteiger partial charge in [0.2, 0.25) is 5.91 Å². The maximum Gasteiger partial charge on any atom is 0.225 e. The van der Waals surface area contributed by atoms with Gasteiger partial charge in [-0.25, -0.2) is 0 Å². The van der Waals surface area contributed by atoms with E-state index in [4.69, 9.17) is 0 Å². The average molecular weight is 224 g/mol. The van der Waals surface area contributed by atoms with Crippen molar-refractivity contribution in [1.82, 2.24) is 9.88 Å². The van der Waals surface area contributed by atoms with Crippen LogP contribution in [0.5, 0.6) is 0 Å². The molecule has 1 atom stereocenters. The summed E-state index contributed by atoms with van der Waals surface area (Å²) in [5, 5.41) is 12.6. The molecular formula is C12H20N2O2. The van der Waals surface area contributed by atoms with Crippen molar-refractivity contribution >= 4 is 5.91 Å². The van der Waals surface area contributed by atoms with Gasteiger partial charge in [0, 0.05) is 30.9 Å². The normalized spacial score (nSPS) is 13.6. The molecule has 4 heteroatoms. The van der Waals surface area contributed by atoms with E-state index in [-0.39, 0.29) is 12.5 Å². The fourth-order valence-corrected chi connectivity index (χ4v) is 1.38. The van der Waals surface area contributed by atoms with Crippen LogP contribution in [0.25, 0.3) is 0 Å². The standard InChI is InChI=1S/C12H20N2O2/c1-12(2,3)11(16)13-8-10(15)9-6-5-7-14(9)4/h5-7,10,15H,8H2,1-4H3,(H,13,16)/t10-/m1/s1. The van der Waals surface area contributed by atoms with E-state index in [1.165, 1.54) is 0 Å². The van der Waals surface area contributed by atoms with Crippen molar-refractivity contribution in [2.45, 2.75) is 26.9 Å². The van der Waals surface area contributed by atoms with Gasteiger partial charge in [-0.15, -0.1) is 0 Å². The molecule has 1 aromatic heterocycles. The minimum absolute atomic E-state index is 0.0549. The van der Waals surface area contributed by atoms with E-state index in [0.717, 1.165) is 5.69 Å². The smallest absolute Gasteiger partial charge is 0.225 e. The molecule has 1 rings (SSSR count). The Labute approximate surface area is 96.3 Å². The second-order valence-corrected chi connectivity index (χ2v) is 5.02. The lowest BCUT2D eigenvalue weighted by atomic mass is 9.95. The Hall–Kier alpha value is -1.29. The van der Waals surface area contributed by atoms with Crippen molar-refractivity contribution in [3.63, 3.8) is 0 Å². The Morgan fingerprint density at radius 1 is 1.56 bits per heavy atom. The maximum absolute atomic E-state index is 11.6. The quantitative estimate of drug-likeness (QED) is 0.811. The molecule has 1 aromatic rings. The van der Waals surface area contributed by atoms with Crippen LogP contribution in [0.2, 0.25) is 0 Å². The molecule has 0 saturated heterocycles. The summed E-state index contributed by atoms with van der Waals surface area (Å²) in [6.07, 6.45) is 1.20. The Morgan fingerprint density at radius 3 is 2.62 bits per heavy atom. The lowest BCUT2D eigenvalue weighted by Crippen LogP contribution is -2.37. The highest BCUT2D eigenvalue weighted by Crippen LogP contribution is 2.15. The van der Waals surface area contributed by atoms with Crippen molar-refractivity contribution in [3.05, 3.63) is 24.0 Å². The van der Waals surface area contributed by atoms with Crippen LogP contribution in [0.15, 0.2) is 18.3 Å². The van der Waals surface area contributed by atoms with E-state index in [1.54, 1.807) is 0 Å². The topological polar surface area (TPSA) is 54.3 Å². The third-order valence-corrected chi connectivity index (χ3v) is 2.46. The minimum atomic E-state index is -0.661. The number of carbonyl (C=O) groups excluding carboxylic acids is 1. The number of hydrogen-bond acceptors (Lipinski definition) is 2. The van der Waals surface area contributed by atoms with E-state index in [1.807, 2.05) is 50.7 Å². The lowest BCUT2D eigenvalue weighted by Gasteiger charge is -2.19. The molecule has 0 spiro atoms. The number of aryl methyl sites for hydroxylation is 1. The molecule has 4 nitrogen and oxygen atoms in total. The van der Waals surface area contributed by atoms with Crippen LogP contribution < -0.4 is 5.32 Å². The Kier molecular flexibility index (Phi) is 3.75. The van der Waals surface area contributed by atoms with E-state index in [9.17, 15) is 9.90 Å². The molecule has 0 unspecified atom stereocenters. The van der Waals surface area contributed by atoms with Crippen molar-refractivity contribution in [3.8, 4) is 0 Å². The van der Waals surface area contributed by atoms with Gasteiger partial charge in [-0.2, -0.15) is 0 Å². The molecule has 0 aliphatic heterocycles. The van der Waals surface area contributed by atoms with E-state index in [0.29, 0.717) is 0 Å². The van der Waals surface area contributed by atoms with E-state index < -0.39 is 11.5 Å². The largest absolute Gasteiger partial charge is 0.385 e. The molecule has 90 valence electrons. The van der Waals surface area contributed by atoms with Crippen LogP contribution in [0.4, 0.5) is 0 Å². The molecule has 2 N–H and O–H groups in total. The molecule has 0 bridgehead atoms. The van der Waals surface area contributed by atoms with Crippen LogP contribution in [-0.4, -0.2) is 22.1 Å². The zero-order valence-corrected chi connectivity index (χ0v) is 10.3. The average Bonchev–Trinajstić information content (AvgIpc) is 2.58. The molecule has 16 heavy (non-hydrogen) atoms. The zero-order chi connectivity index (χ0) is 12.3. The molecule has 0 aromatic carbocycles. The van der Waals surface area contributed by atoms with Gasteiger partial charge in [-0.05, 0) is 12.1 Å². The number of hydrogen-bond donors (Lipinski definition) is 2. The summed E-state index contributed by atoms with van der Waals surface area (Å²) in [5.74, 6) is -0.0549. The predicted octanol–water partition coefficient (Wildman–Crippen LogP) is 1.22. The third kappa shape index (κ3) is 3.10. The first-order valence-corrected chi connectivity index (χ1v) is 5.40. The molecule has 0 aliphatic rings. The molecule has 0 fully saturated rings. The first kappa shape index (κ1) is 12.8. The van der Waals surface area contributed by atoms with E-state index >= 15 is 0 Å². The highest BCUT2D eigenvalue weighted by molar-refractivity contribution is 5.81. The molecule has 0 saturated carbocycles. The fraction of sp³-hybridized carbons (Fsp3) is 0.583. The number of nitrogens with one attached hydrogen (secondary N) is 1. The maximum atomic E-state index is 11.6. The molecular weight excluding hydrogens is 204 g/mol. The van der Waals surface area contributed by atoms with Crippen LogP contribution in [0, 0.1) is 5.41 Å². The van der Waals surface area contributed by atoms with Crippen LogP contribution in [0.3, 0.4) is 0 Å². The first-order valence-electron chi connectivity index (χ1n) is 5.40. The summed E-state index contributed by atoms with van der Waals surface area (Å²) in [6.45, 7) is 5.78. The SMILES string of the molecule is Cn1cccc1[C@H](O)CNC(=O)C(C)(C)C. The van der Waals surface area contributed by atoms with Crippen molar-refractivity contribution in [2.24, 2.45) is 12.5 Å². The summed E-state index contributed by atoms with van der Waals surface area (Å²) in [5.41, 5.74) is 0.378. The second kappa shape index (κ2) is 4.70. The number of aliphatic hydroxyl groups is 1. The van der Waals surface area contributed by atoms with Gasteiger partial charge < -0.3 is 15.0 Å². The van der Waals surface area contributed by atoms with Crippen LogP contribution in [0.1, 0.15) is 32.6 Å². The Bertz CT molecular complexity index is 363. The minimum Gasteiger partial charge on any atom is -0.385 e. The lowest BCUT2D eigenvalue weighted by molar-refractivity contribution is -0.129. The summed E-state index contributed by atoms with van der Waals surface area (Å²) in [6, 6.07) is 3.71. The number of nitrogens with zero attached hydrogens (tertiary/aromatic N) is 1. The molecule has 0 radical (unpaired) electrons. The highest BCUT2D eigenvalue weighted by atomic mass is 16.3. The third-order valence-electron chi connectivity index (χ3n) is 2.46. The number of amides is 1. The molecule has 1 amide bonds. The number of rotatable bonds is 3. The van der Waals surface area contributed by atoms with Crippen LogP contribution >= 0.6 is 0 Å². The van der Waals surface area contributed by atoms with Gasteiger partial charge in [-0.3, -0.25) is 4.79 Å². The summed E-state index contributed by atoms with van der Waals surface area (Å²) in [4.78, 5) is 11.6. The monoisotopic (exact) mass is 224 g/mol. The van der Waals surface area contributed by atoms with Gasteiger partial charge >= 0.3 is 0 Å². The van der Waals surface area contributed by atoms with Crippen LogP contribution in [-0.2, 0) is 11.8 Å². The molecule has 0 aliphatic carbocycles. The fourth-order valence-electron chi connectivity index (χ4n) is 1.38. The van der Waals surface area contributed by atoms with Crippen molar-refractivity contribution in [1.29, 1.82) is 0 Å². The van der Waals surface area contributed by atoms with Gasteiger partial charge in [-0.1, -0.05) is 20.8 Å². The predicted molar refractivity (Wildman–Crippen MR) is 62.8 cm³/mol. The first-order chi connectivity index (χ1) is 7.32. The summed E-state index contributed by atoms with van der Waals surface area (Å²) >= 11 is 0. The number of carbonyl (C=O) groups is 1. The summed E-state index contributed by atoms with van der Waals surface area (Å²) in [7, 11) is 1.87. The summed E-state index contributed by atoms with van der Waals surface area (Å²) < 4.78 is 1.84. The highest BCUT2D eigenvalue weighted by Gasteiger charge is 2.22. The van der Waals surface area contributed by atoms with Gasteiger partial charge in [0.15, 0.2) is 0 Å². The van der Waals surface area contributed by atoms with Gasteiger partial charge in [0.05, 0.1) is 0 Å².